The van der Waals surface area contributed by atoms with E-state index in [1.165, 1.54) is 0 Å². The van der Waals surface area contributed by atoms with Gasteiger partial charge >= 0.3 is 0 Å². The summed E-state index contributed by atoms with van der Waals surface area (Å²) in [5.74, 6) is 2.03. The lowest BCUT2D eigenvalue weighted by Crippen LogP contribution is -2.23. The number of hydrogen-bond acceptors (Lipinski definition) is 4. The van der Waals surface area contributed by atoms with E-state index in [1.54, 1.807) is 14.2 Å². The van der Waals surface area contributed by atoms with Crippen LogP contribution in [0.15, 0.2) is 84.9 Å². The second kappa shape index (κ2) is 9.19. The van der Waals surface area contributed by atoms with Crippen molar-refractivity contribution in [2.75, 3.05) is 20.6 Å². The van der Waals surface area contributed by atoms with Crippen molar-refractivity contribution in [1.29, 1.82) is 0 Å². The summed E-state index contributed by atoms with van der Waals surface area (Å²) in [6, 6.07) is 28.3. The first-order valence-corrected chi connectivity index (χ1v) is 13.9. The van der Waals surface area contributed by atoms with Gasteiger partial charge in [-0.1, -0.05) is 93.6 Å². The van der Waals surface area contributed by atoms with Crippen LogP contribution in [0.4, 0.5) is 0 Å². The fourth-order valence-corrected chi connectivity index (χ4v) is 7.53. The highest BCUT2D eigenvalue weighted by molar-refractivity contribution is 7.73. The number of ether oxygens (including phenoxy) is 3. The van der Waals surface area contributed by atoms with E-state index in [-0.39, 0.29) is 6.35 Å². The van der Waals surface area contributed by atoms with Crippen LogP contribution in [0, 0.1) is 0 Å². The van der Waals surface area contributed by atoms with Gasteiger partial charge in [0.25, 0.3) is 0 Å². The molecular formula is C31H31O4P. The SMILES string of the molecule is COc1c(-c2ccccc2)cc(-c2ccccc2)c(OC)c1-c1cccc2c1P(=O)(C(C)(C)C)CO2. The molecule has 5 rings (SSSR count). The maximum Gasteiger partial charge on any atom is 0.160 e. The Labute approximate surface area is 213 Å². The van der Waals surface area contributed by atoms with E-state index in [4.69, 9.17) is 14.2 Å². The van der Waals surface area contributed by atoms with Crippen LogP contribution in [0.25, 0.3) is 33.4 Å². The minimum atomic E-state index is -2.92. The minimum absolute atomic E-state index is 0.192. The lowest BCUT2D eigenvalue weighted by atomic mass is 9.90. The van der Waals surface area contributed by atoms with Crippen LogP contribution in [0.3, 0.4) is 0 Å². The predicted molar refractivity (Wildman–Crippen MR) is 148 cm³/mol. The monoisotopic (exact) mass is 498 g/mol. The van der Waals surface area contributed by atoms with Gasteiger partial charge in [0, 0.05) is 21.8 Å². The highest BCUT2D eigenvalue weighted by Crippen LogP contribution is 2.64. The molecule has 0 saturated heterocycles. The van der Waals surface area contributed by atoms with Crippen molar-refractivity contribution >= 4 is 12.4 Å². The van der Waals surface area contributed by atoms with E-state index in [0.717, 1.165) is 38.7 Å². The molecule has 184 valence electrons. The zero-order chi connectivity index (χ0) is 25.5. The van der Waals surface area contributed by atoms with Crippen molar-refractivity contribution in [2.24, 2.45) is 0 Å². The van der Waals surface area contributed by atoms with Gasteiger partial charge in [-0.2, -0.15) is 0 Å². The zero-order valence-corrected chi connectivity index (χ0v) is 22.3. The van der Waals surface area contributed by atoms with Crippen LogP contribution in [0.2, 0.25) is 0 Å². The molecule has 1 aliphatic heterocycles. The van der Waals surface area contributed by atoms with Crippen molar-refractivity contribution in [3.05, 3.63) is 84.9 Å². The van der Waals surface area contributed by atoms with E-state index in [0.29, 0.717) is 17.2 Å². The molecule has 0 bridgehead atoms. The highest BCUT2D eigenvalue weighted by Gasteiger charge is 2.47. The van der Waals surface area contributed by atoms with Crippen molar-refractivity contribution in [3.63, 3.8) is 0 Å². The topological polar surface area (TPSA) is 44.8 Å². The first-order valence-electron chi connectivity index (χ1n) is 12.1. The number of hydrogen-bond donors (Lipinski definition) is 0. The van der Waals surface area contributed by atoms with Crippen LogP contribution in [0.1, 0.15) is 20.8 Å². The maximum atomic E-state index is 14.6. The quantitative estimate of drug-likeness (QED) is 0.263. The molecule has 1 unspecified atom stereocenters. The van der Waals surface area contributed by atoms with Gasteiger partial charge in [-0.15, -0.1) is 0 Å². The Morgan fingerprint density at radius 1 is 0.722 bits per heavy atom. The summed E-state index contributed by atoms with van der Waals surface area (Å²) >= 11 is 0. The molecule has 1 aliphatic rings. The molecule has 0 aliphatic carbocycles. The van der Waals surface area contributed by atoms with Gasteiger partial charge in [0.15, 0.2) is 7.14 Å². The highest BCUT2D eigenvalue weighted by atomic mass is 31.2. The smallest absolute Gasteiger partial charge is 0.160 e. The van der Waals surface area contributed by atoms with Crippen molar-refractivity contribution in [1.82, 2.24) is 0 Å². The zero-order valence-electron chi connectivity index (χ0n) is 21.4. The number of methoxy groups -OCH3 is 2. The summed E-state index contributed by atoms with van der Waals surface area (Å²) in [5, 5.41) is 0.298. The van der Waals surface area contributed by atoms with Gasteiger partial charge in [-0.25, -0.2) is 0 Å². The number of rotatable bonds is 5. The number of benzene rings is 4. The van der Waals surface area contributed by atoms with E-state index in [9.17, 15) is 4.57 Å². The van der Waals surface area contributed by atoms with Crippen LogP contribution in [-0.2, 0) is 4.57 Å². The van der Waals surface area contributed by atoms with Gasteiger partial charge in [0.05, 0.1) is 25.1 Å². The summed E-state index contributed by atoms with van der Waals surface area (Å²) in [6.45, 7) is 6.06. The largest absolute Gasteiger partial charge is 0.495 e. The molecular weight excluding hydrogens is 467 g/mol. The molecule has 1 atom stereocenters. The Morgan fingerprint density at radius 2 is 1.25 bits per heavy atom. The predicted octanol–water partition coefficient (Wildman–Crippen LogP) is 7.84. The third-order valence-corrected chi connectivity index (χ3v) is 10.8. The fourth-order valence-electron chi connectivity index (χ4n) is 4.95. The molecule has 0 fully saturated rings. The molecule has 0 spiro atoms. The normalized spacial score (nSPS) is 16.8. The van der Waals surface area contributed by atoms with Gasteiger partial charge in [0.1, 0.15) is 23.6 Å². The molecule has 4 aromatic carbocycles. The van der Waals surface area contributed by atoms with Crippen LogP contribution in [0.5, 0.6) is 17.2 Å². The third-order valence-electron chi connectivity index (χ3n) is 6.92. The average Bonchev–Trinajstić information content (AvgIpc) is 3.26. The molecule has 36 heavy (non-hydrogen) atoms. The Morgan fingerprint density at radius 3 is 1.72 bits per heavy atom. The molecule has 4 nitrogen and oxygen atoms in total. The lowest BCUT2D eigenvalue weighted by Gasteiger charge is -2.29. The summed E-state index contributed by atoms with van der Waals surface area (Å²) in [4.78, 5) is 0. The fraction of sp³-hybridized carbons (Fsp3) is 0.226. The summed E-state index contributed by atoms with van der Waals surface area (Å²) < 4.78 is 32.8. The van der Waals surface area contributed by atoms with Crippen molar-refractivity contribution in [3.8, 4) is 50.6 Å². The molecule has 4 aromatic rings. The minimum Gasteiger partial charge on any atom is -0.495 e. The van der Waals surface area contributed by atoms with Gasteiger partial charge in [-0.05, 0) is 23.3 Å². The summed E-state index contributed by atoms with van der Waals surface area (Å²) in [5.41, 5.74) is 5.54. The Kier molecular flexibility index (Phi) is 6.18. The second-order valence-electron chi connectivity index (χ2n) is 9.98. The lowest BCUT2D eigenvalue weighted by molar-refractivity contribution is 0.389. The summed E-state index contributed by atoms with van der Waals surface area (Å²) in [6.07, 6.45) is 0.192. The average molecular weight is 499 g/mol. The molecule has 0 saturated carbocycles. The van der Waals surface area contributed by atoms with E-state index >= 15 is 0 Å². The van der Waals surface area contributed by atoms with Crippen molar-refractivity contribution < 1.29 is 18.8 Å². The third kappa shape index (κ3) is 3.81. The first kappa shape index (κ1) is 24.2. The maximum absolute atomic E-state index is 14.6. The first-order chi connectivity index (χ1) is 17.3. The van der Waals surface area contributed by atoms with Crippen LogP contribution in [-0.4, -0.2) is 25.7 Å². The van der Waals surface area contributed by atoms with E-state index < -0.39 is 12.3 Å². The van der Waals surface area contributed by atoms with Crippen molar-refractivity contribution in [2.45, 2.75) is 25.9 Å². The van der Waals surface area contributed by atoms with E-state index in [1.807, 2.05) is 75.4 Å². The standard InChI is InChI=1S/C31H31O4P/c1-31(2,3)36(32)20-35-26-18-12-17-23(30(26)36)27-28(33-4)24(21-13-8-6-9-14-21)19-25(29(27)34-5)22-15-10-7-11-16-22/h6-19H,20H2,1-5H3. The van der Waals surface area contributed by atoms with E-state index in [2.05, 4.69) is 30.3 Å². The molecule has 0 N–H and O–H groups in total. The molecule has 1 heterocycles. The second-order valence-corrected chi connectivity index (χ2v) is 13.5. The van der Waals surface area contributed by atoms with Gasteiger partial charge in [0.2, 0.25) is 0 Å². The van der Waals surface area contributed by atoms with Crippen LogP contribution < -0.4 is 19.5 Å². The molecule has 0 aromatic heterocycles. The van der Waals surface area contributed by atoms with Gasteiger partial charge < -0.3 is 18.8 Å². The number of fused-ring (bicyclic) bond motifs is 1. The summed E-state index contributed by atoms with van der Waals surface area (Å²) in [7, 11) is 0.438. The molecule has 0 amide bonds. The Hall–Kier alpha value is -3.49. The Balaban J connectivity index is 1.93. The Bertz CT molecular complexity index is 1390. The van der Waals surface area contributed by atoms with Gasteiger partial charge in [-0.3, -0.25) is 0 Å². The van der Waals surface area contributed by atoms with Crippen LogP contribution >= 0.6 is 7.14 Å². The molecule has 0 radical (unpaired) electrons. The molecule has 5 heteroatoms.